The molecule has 0 aliphatic carbocycles. The second-order valence-corrected chi connectivity index (χ2v) is 4.64. The Hall–Kier alpha value is -2.48. The van der Waals surface area contributed by atoms with Crippen LogP contribution in [0.5, 0.6) is 0 Å². The molecule has 1 aromatic heterocycles. The number of halogens is 1. The topological polar surface area (TPSA) is 105 Å². The molecule has 20 heavy (non-hydrogen) atoms. The Balaban J connectivity index is 2.21. The third kappa shape index (κ3) is 3.09. The van der Waals surface area contributed by atoms with Crippen LogP contribution in [-0.2, 0) is 0 Å². The van der Waals surface area contributed by atoms with Gasteiger partial charge in [-0.2, -0.15) is 0 Å². The third-order valence-corrected chi connectivity index (χ3v) is 3.09. The molecule has 8 heteroatoms. The first-order chi connectivity index (χ1) is 9.47. The van der Waals surface area contributed by atoms with Gasteiger partial charge in [-0.25, -0.2) is 9.78 Å². The number of rotatable bonds is 4. The average molecular weight is 338 g/mol. The van der Waals surface area contributed by atoms with Crippen LogP contribution in [0.15, 0.2) is 41.0 Å². The fourth-order valence-corrected chi connectivity index (χ4v) is 1.93. The largest absolute Gasteiger partial charge is 0.478 e. The zero-order valence-electron chi connectivity index (χ0n) is 9.91. The van der Waals surface area contributed by atoms with Crippen LogP contribution in [0.25, 0.3) is 0 Å². The zero-order valence-corrected chi connectivity index (χ0v) is 11.5. The smallest absolute Gasteiger partial charge is 0.335 e. The van der Waals surface area contributed by atoms with Crippen molar-refractivity contribution in [2.75, 3.05) is 5.32 Å². The highest BCUT2D eigenvalue weighted by atomic mass is 79.9. The highest BCUT2D eigenvalue weighted by molar-refractivity contribution is 9.10. The van der Waals surface area contributed by atoms with Crippen LogP contribution in [0.2, 0.25) is 0 Å². The van der Waals surface area contributed by atoms with Crippen LogP contribution in [0, 0.1) is 10.1 Å². The number of hydrogen-bond acceptors (Lipinski definition) is 5. The van der Waals surface area contributed by atoms with Gasteiger partial charge in [-0.05, 0) is 40.2 Å². The van der Waals surface area contributed by atoms with E-state index in [0.29, 0.717) is 16.0 Å². The highest BCUT2D eigenvalue weighted by Crippen LogP contribution is 2.26. The van der Waals surface area contributed by atoms with Gasteiger partial charge in [0.2, 0.25) is 0 Å². The number of hydrogen-bond donors (Lipinski definition) is 2. The molecule has 0 amide bonds. The van der Waals surface area contributed by atoms with Crippen molar-refractivity contribution in [1.29, 1.82) is 0 Å². The van der Waals surface area contributed by atoms with E-state index in [-0.39, 0.29) is 11.3 Å². The standard InChI is InChI=1S/C12H8BrN3O4/c13-9-5-7(12(17)18)1-3-10(9)15-11-4-2-8(6-14-11)16(19)20/h1-6H,(H,14,15)(H,17,18). The summed E-state index contributed by atoms with van der Waals surface area (Å²) in [5.74, 6) is -0.606. The Morgan fingerprint density at radius 3 is 2.60 bits per heavy atom. The summed E-state index contributed by atoms with van der Waals surface area (Å²) < 4.78 is 0.553. The lowest BCUT2D eigenvalue weighted by Crippen LogP contribution is -1.99. The zero-order chi connectivity index (χ0) is 14.7. The number of nitrogens with zero attached hydrogens (tertiary/aromatic N) is 2. The van der Waals surface area contributed by atoms with E-state index in [4.69, 9.17) is 5.11 Å². The number of pyridine rings is 1. The molecule has 0 bridgehead atoms. The molecular formula is C12H8BrN3O4. The monoisotopic (exact) mass is 337 g/mol. The Morgan fingerprint density at radius 2 is 2.10 bits per heavy atom. The van der Waals surface area contributed by atoms with Crippen molar-refractivity contribution < 1.29 is 14.8 Å². The summed E-state index contributed by atoms with van der Waals surface area (Å²) in [6, 6.07) is 7.28. The van der Waals surface area contributed by atoms with Crippen molar-refractivity contribution in [2.45, 2.75) is 0 Å². The van der Waals surface area contributed by atoms with Crippen LogP contribution in [0.1, 0.15) is 10.4 Å². The minimum Gasteiger partial charge on any atom is -0.478 e. The molecule has 0 unspecified atom stereocenters. The van der Waals surface area contributed by atoms with Crippen molar-refractivity contribution >= 4 is 39.1 Å². The first-order valence-corrected chi connectivity index (χ1v) is 6.17. The second kappa shape index (κ2) is 5.66. The number of nitro groups is 1. The predicted octanol–water partition coefficient (Wildman–Crippen LogP) is 3.19. The molecule has 0 saturated heterocycles. The molecule has 7 nitrogen and oxygen atoms in total. The average Bonchev–Trinajstić information content (AvgIpc) is 2.41. The first kappa shape index (κ1) is 13.9. The number of carbonyl (C=O) groups is 1. The number of nitrogens with one attached hydrogen (secondary N) is 1. The molecular weight excluding hydrogens is 330 g/mol. The summed E-state index contributed by atoms with van der Waals surface area (Å²) in [5, 5.41) is 22.3. The minimum atomic E-state index is -1.02. The number of aromatic nitrogens is 1. The molecule has 0 radical (unpaired) electrons. The molecule has 0 aliphatic heterocycles. The van der Waals surface area contributed by atoms with Crippen molar-refractivity contribution in [2.24, 2.45) is 0 Å². The first-order valence-electron chi connectivity index (χ1n) is 5.37. The molecule has 1 aromatic carbocycles. The maximum atomic E-state index is 10.8. The van der Waals surface area contributed by atoms with Gasteiger partial charge in [0.15, 0.2) is 0 Å². The van der Waals surface area contributed by atoms with Gasteiger partial charge in [-0.15, -0.1) is 0 Å². The summed E-state index contributed by atoms with van der Waals surface area (Å²) in [6.45, 7) is 0. The van der Waals surface area contributed by atoms with Crippen LogP contribution < -0.4 is 5.32 Å². The molecule has 2 aromatic rings. The van der Waals surface area contributed by atoms with Gasteiger partial charge in [-0.3, -0.25) is 10.1 Å². The fraction of sp³-hybridized carbons (Fsp3) is 0. The van der Waals surface area contributed by atoms with Gasteiger partial charge in [-0.1, -0.05) is 0 Å². The van der Waals surface area contributed by atoms with E-state index in [9.17, 15) is 14.9 Å². The molecule has 0 fully saturated rings. The lowest BCUT2D eigenvalue weighted by molar-refractivity contribution is -0.385. The highest BCUT2D eigenvalue weighted by Gasteiger charge is 2.09. The SMILES string of the molecule is O=C(O)c1ccc(Nc2ccc([N+](=O)[O-])cn2)c(Br)c1. The van der Waals surface area contributed by atoms with Crippen molar-refractivity contribution in [3.05, 3.63) is 56.7 Å². The third-order valence-electron chi connectivity index (χ3n) is 2.44. The predicted molar refractivity (Wildman–Crippen MR) is 75.3 cm³/mol. The number of carboxylic acid groups (broad SMARTS) is 1. The summed E-state index contributed by atoms with van der Waals surface area (Å²) in [5.41, 5.74) is 0.659. The number of anilines is 2. The van der Waals surface area contributed by atoms with Crippen molar-refractivity contribution in [1.82, 2.24) is 4.98 Å². The Bertz CT molecular complexity index is 673. The second-order valence-electron chi connectivity index (χ2n) is 3.78. The van der Waals surface area contributed by atoms with E-state index in [1.807, 2.05) is 0 Å². The normalized spacial score (nSPS) is 10.1. The number of carboxylic acids is 1. The van der Waals surface area contributed by atoms with Gasteiger partial charge in [0.25, 0.3) is 5.69 Å². The van der Waals surface area contributed by atoms with E-state index in [2.05, 4.69) is 26.2 Å². The summed E-state index contributed by atoms with van der Waals surface area (Å²) in [4.78, 5) is 24.7. The van der Waals surface area contributed by atoms with Gasteiger partial charge in [0.05, 0.1) is 16.2 Å². The van der Waals surface area contributed by atoms with E-state index < -0.39 is 10.9 Å². The van der Waals surface area contributed by atoms with E-state index in [1.165, 1.54) is 24.3 Å². The van der Waals surface area contributed by atoms with Gasteiger partial charge < -0.3 is 10.4 Å². The van der Waals surface area contributed by atoms with E-state index in [0.717, 1.165) is 6.20 Å². The van der Waals surface area contributed by atoms with Crippen LogP contribution in [0.3, 0.4) is 0 Å². The molecule has 0 spiro atoms. The number of aromatic carboxylic acids is 1. The van der Waals surface area contributed by atoms with Crippen molar-refractivity contribution in [3.63, 3.8) is 0 Å². The fourth-order valence-electron chi connectivity index (χ4n) is 1.46. The molecule has 0 atom stereocenters. The lowest BCUT2D eigenvalue weighted by atomic mass is 10.2. The minimum absolute atomic E-state index is 0.101. The Kier molecular flexibility index (Phi) is 3.94. The molecule has 0 aliphatic rings. The molecule has 2 N–H and O–H groups in total. The van der Waals surface area contributed by atoms with Gasteiger partial charge in [0, 0.05) is 10.5 Å². The summed E-state index contributed by atoms with van der Waals surface area (Å²) in [7, 11) is 0. The van der Waals surface area contributed by atoms with Crippen LogP contribution in [-0.4, -0.2) is 21.0 Å². The summed E-state index contributed by atoms with van der Waals surface area (Å²) in [6.07, 6.45) is 1.14. The van der Waals surface area contributed by atoms with Gasteiger partial charge in [0.1, 0.15) is 12.0 Å². The lowest BCUT2D eigenvalue weighted by Gasteiger charge is -2.08. The summed E-state index contributed by atoms with van der Waals surface area (Å²) >= 11 is 3.25. The van der Waals surface area contributed by atoms with E-state index in [1.54, 1.807) is 6.07 Å². The van der Waals surface area contributed by atoms with Gasteiger partial charge >= 0.3 is 5.97 Å². The van der Waals surface area contributed by atoms with Crippen LogP contribution in [0.4, 0.5) is 17.2 Å². The quantitative estimate of drug-likeness (QED) is 0.655. The number of benzene rings is 1. The maximum absolute atomic E-state index is 10.8. The van der Waals surface area contributed by atoms with E-state index >= 15 is 0 Å². The Labute approximate surface area is 121 Å². The molecule has 1 heterocycles. The molecule has 2 rings (SSSR count). The molecule has 102 valence electrons. The molecule has 0 saturated carbocycles. The van der Waals surface area contributed by atoms with Crippen molar-refractivity contribution in [3.8, 4) is 0 Å². The van der Waals surface area contributed by atoms with Crippen LogP contribution >= 0.6 is 15.9 Å². The maximum Gasteiger partial charge on any atom is 0.335 e. The Morgan fingerprint density at radius 1 is 1.35 bits per heavy atom.